The summed E-state index contributed by atoms with van der Waals surface area (Å²) in [6.07, 6.45) is 0. The summed E-state index contributed by atoms with van der Waals surface area (Å²) >= 11 is 0. The zero-order valence-corrected chi connectivity index (χ0v) is 6.24. The average molecular weight is 156 g/mol. The van der Waals surface area contributed by atoms with Crippen molar-refractivity contribution in [3.63, 3.8) is 0 Å². The molecule has 11 heavy (non-hydrogen) atoms. The molecule has 0 saturated carbocycles. The molecule has 0 unspecified atom stereocenters. The van der Waals surface area contributed by atoms with Crippen LogP contribution in [0, 0.1) is 0 Å². The smallest absolute Gasteiger partial charge is 0.318 e. The predicted octanol–water partition coefficient (Wildman–Crippen LogP) is -1.23. The summed E-state index contributed by atoms with van der Waals surface area (Å²) in [5.74, 6) is -0.131. The summed E-state index contributed by atoms with van der Waals surface area (Å²) < 4.78 is 5.90. The van der Waals surface area contributed by atoms with Gasteiger partial charge in [0.25, 0.3) is 5.56 Å². The molecule has 0 fully saturated rings. The highest BCUT2D eigenvalue weighted by atomic mass is 16.5. The van der Waals surface area contributed by atoms with Crippen LogP contribution in [0.1, 0.15) is 0 Å². The van der Waals surface area contributed by atoms with E-state index in [2.05, 4.69) is 10.2 Å². The molecule has 0 atom stereocenters. The first-order valence-electron chi connectivity index (χ1n) is 2.90. The SMILES string of the molecule is COc1nnc(N)c(=O)n1C. The molecule has 0 aliphatic rings. The molecule has 0 spiro atoms. The number of rotatable bonds is 1. The third-order valence-electron chi connectivity index (χ3n) is 1.24. The average Bonchev–Trinajstić information content (AvgIpc) is 2.01. The van der Waals surface area contributed by atoms with Crippen LogP contribution in [-0.4, -0.2) is 21.9 Å². The number of nitrogen functional groups attached to an aromatic ring is 1. The minimum Gasteiger partial charge on any atom is -0.467 e. The monoisotopic (exact) mass is 156 g/mol. The second-order valence-electron chi connectivity index (χ2n) is 1.94. The molecule has 0 aromatic carbocycles. The van der Waals surface area contributed by atoms with Crippen molar-refractivity contribution in [1.29, 1.82) is 0 Å². The van der Waals surface area contributed by atoms with Gasteiger partial charge in [0.1, 0.15) is 0 Å². The van der Waals surface area contributed by atoms with Gasteiger partial charge in [0.15, 0.2) is 0 Å². The lowest BCUT2D eigenvalue weighted by Crippen LogP contribution is -2.24. The van der Waals surface area contributed by atoms with Crippen molar-refractivity contribution in [2.24, 2.45) is 7.05 Å². The molecule has 60 valence electrons. The van der Waals surface area contributed by atoms with Crippen molar-refractivity contribution in [3.05, 3.63) is 10.4 Å². The number of methoxy groups -OCH3 is 1. The minimum absolute atomic E-state index is 0.131. The highest BCUT2D eigenvalue weighted by molar-refractivity contribution is 5.22. The summed E-state index contributed by atoms with van der Waals surface area (Å²) in [7, 11) is 2.91. The maximum absolute atomic E-state index is 11.0. The Morgan fingerprint density at radius 2 is 2.18 bits per heavy atom. The zero-order valence-electron chi connectivity index (χ0n) is 6.24. The highest BCUT2D eigenvalue weighted by Crippen LogP contribution is 1.97. The Kier molecular flexibility index (Phi) is 1.75. The van der Waals surface area contributed by atoms with E-state index in [1.165, 1.54) is 18.7 Å². The number of nitrogens with zero attached hydrogens (tertiary/aromatic N) is 3. The van der Waals surface area contributed by atoms with Gasteiger partial charge in [-0.05, 0) is 0 Å². The number of aromatic nitrogens is 3. The van der Waals surface area contributed by atoms with E-state index in [0.717, 1.165) is 0 Å². The molecule has 0 radical (unpaired) electrons. The molecule has 6 nitrogen and oxygen atoms in total. The van der Waals surface area contributed by atoms with Gasteiger partial charge in [-0.3, -0.25) is 9.36 Å². The lowest BCUT2D eigenvalue weighted by Gasteiger charge is -2.02. The van der Waals surface area contributed by atoms with Crippen LogP contribution in [-0.2, 0) is 7.05 Å². The number of ether oxygens (including phenoxy) is 1. The van der Waals surface area contributed by atoms with E-state index < -0.39 is 5.56 Å². The number of hydrogen-bond donors (Lipinski definition) is 1. The van der Waals surface area contributed by atoms with Crippen molar-refractivity contribution in [1.82, 2.24) is 14.8 Å². The third-order valence-corrected chi connectivity index (χ3v) is 1.24. The summed E-state index contributed by atoms with van der Waals surface area (Å²) in [6, 6.07) is 0.143. The Labute approximate surface area is 62.6 Å². The number of nitrogens with two attached hydrogens (primary N) is 1. The van der Waals surface area contributed by atoms with Crippen LogP contribution in [0.3, 0.4) is 0 Å². The largest absolute Gasteiger partial charge is 0.467 e. The first-order valence-corrected chi connectivity index (χ1v) is 2.90. The molecular formula is C5H8N4O2. The van der Waals surface area contributed by atoms with Crippen LogP contribution >= 0.6 is 0 Å². The van der Waals surface area contributed by atoms with Gasteiger partial charge < -0.3 is 10.5 Å². The van der Waals surface area contributed by atoms with E-state index in [-0.39, 0.29) is 11.8 Å². The van der Waals surface area contributed by atoms with Crippen molar-refractivity contribution in [2.75, 3.05) is 12.8 Å². The third kappa shape index (κ3) is 1.14. The van der Waals surface area contributed by atoms with Gasteiger partial charge in [0.2, 0.25) is 5.82 Å². The lowest BCUT2D eigenvalue weighted by atomic mass is 10.7. The van der Waals surface area contributed by atoms with Gasteiger partial charge in [-0.2, -0.15) is 0 Å². The van der Waals surface area contributed by atoms with Crippen molar-refractivity contribution in [3.8, 4) is 6.01 Å². The van der Waals surface area contributed by atoms with E-state index in [1.54, 1.807) is 0 Å². The molecule has 1 aromatic heterocycles. The van der Waals surface area contributed by atoms with E-state index >= 15 is 0 Å². The second-order valence-corrected chi connectivity index (χ2v) is 1.94. The topological polar surface area (TPSA) is 83.0 Å². The maximum Gasteiger partial charge on any atom is 0.318 e. The molecular weight excluding hydrogens is 148 g/mol. The molecule has 0 aliphatic heterocycles. The first kappa shape index (κ1) is 7.52. The molecule has 2 N–H and O–H groups in total. The number of anilines is 1. The second kappa shape index (κ2) is 2.57. The molecule has 0 aliphatic carbocycles. The summed E-state index contributed by atoms with van der Waals surface area (Å²) in [4.78, 5) is 11.0. The fourth-order valence-corrected chi connectivity index (χ4v) is 0.643. The summed E-state index contributed by atoms with van der Waals surface area (Å²) in [5, 5.41) is 6.90. The lowest BCUT2D eigenvalue weighted by molar-refractivity contribution is 0.350. The quantitative estimate of drug-likeness (QED) is 0.550. The van der Waals surface area contributed by atoms with Gasteiger partial charge in [-0.25, -0.2) is 0 Å². The summed E-state index contributed by atoms with van der Waals surface area (Å²) in [5.41, 5.74) is 4.78. The van der Waals surface area contributed by atoms with Crippen molar-refractivity contribution < 1.29 is 4.74 Å². The normalized spacial score (nSPS) is 9.64. The first-order chi connectivity index (χ1) is 5.16. The Hall–Kier alpha value is -1.59. The van der Waals surface area contributed by atoms with Crippen LogP contribution in [0.5, 0.6) is 6.01 Å². The standard InChI is InChI=1S/C5H8N4O2/c1-9-4(10)3(6)7-8-5(9)11-2/h1-2H3,(H2,6,7). The Morgan fingerprint density at radius 3 is 2.73 bits per heavy atom. The van der Waals surface area contributed by atoms with Crippen LogP contribution in [0.2, 0.25) is 0 Å². The van der Waals surface area contributed by atoms with Crippen LogP contribution in [0.25, 0.3) is 0 Å². The molecule has 0 amide bonds. The maximum atomic E-state index is 11.0. The van der Waals surface area contributed by atoms with Gasteiger partial charge >= 0.3 is 6.01 Å². The Balaban J connectivity index is 3.37. The fourth-order valence-electron chi connectivity index (χ4n) is 0.643. The minimum atomic E-state index is -0.406. The van der Waals surface area contributed by atoms with Crippen LogP contribution in [0.15, 0.2) is 4.79 Å². The van der Waals surface area contributed by atoms with E-state index in [4.69, 9.17) is 10.5 Å². The van der Waals surface area contributed by atoms with Gasteiger partial charge in [0, 0.05) is 7.05 Å². The predicted molar refractivity (Wildman–Crippen MR) is 38.2 cm³/mol. The Morgan fingerprint density at radius 1 is 1.55 bits per heavy atom. The Bertz CT molecular complexity index is 319. The number of hydrogen-bond acceptors (Lipinski definition) is 5. The zero-order chi connectivity index (χ0) is 8.43. The van der Waals surface area contributed by atoms with Crippen LogP contribution < -0.4 is 16.0 Å². The highest BCUT2D eigenvalue weighted by Gasteiger charge is 2.04. The van der Waals surface area contributed by atoms with E-state index in [0.29, 0.717) is 0 Å². The molecule has 1 rings (SSSR count). The molecule has 1 aromatic rings. The summed E-state index contributed by atoms with van der Waals surface area (Å²) in [6.45, 7) is 0. The molecule has 0 bridgehead atoms. The van der Waals surface area contributed by atoms with Gasteiger partial charge in [-0.1, -0.05) is 5.10 Å². The molecule has 0 saturated heterocycles. The van der Waals surface area contributed by atoms with E-state index in [9.17, 15) is 4.79 Å². The van der Waals surface area contributed by atoms with Crippen LogP contribution in [0.4, 0.5) is 5.82 Å². The van der Waals surface area contributed by atoms with Gasteiger partial charge in [0.05, 0.1) is 7.11 Å². The van der Waals surface area contributed by atoms with Crippen molar-refractivity contribution in [2.45, 2.75) is 0 Å². The molecule has 6 heteroatoms. The van der Waals surface area contributed by atoms with E-state index in [1.807, 2.05) is 0 Å². The molecule has 1 heterocycles. The van der Waals surface area contributed by atoms with Gasteiger partial charge in [-0.15, -0.1) is 5.10 Å². The van der Waals surface area contributed by atoms with Crippen molar-refractivity contribution >= 4 is 5.82 Å². The fraction of sp³-hybridized carbons (Fsp3) is 0.400.